The van der Waals surface area contributed by atoms with Gasteiger partial charge in [-0.3, -0.25) is 4.79 Å². The van der Waals surface area contributed by atoms with Gasteiger partial charge < -0.3 is 14.5 Å². The first-order chi connectivity index (χ1) is 10.2. The molecule has 0 saturated heterocycles. The lowest BCUT2D eigenvalue weighted by atomic mass is 10.0. The number of carbonyl (C=O) groups is 1. The van der Waals surface area contributed by atoms with Gasteiger partial charge in [0, 0.05) is 37.9 Å². The average Bonchev–Trinajstić information content (AvgIpc) is 3.13. The molecule has 0 aliphatic rings. The third-order valence-corrected chi connectivity index (χ3v) is 3.44. The van der Waals surface area contributed by atoms with E-state index in [1.165, 1.54) is 0 Å². The van der Waals surface area contributed by atoms with Gasteiger partial charge in [-0.15, -0.1) is 0 Å². The van der Waals surface area contributed by atoms with Crippen LogP contribution in [0.3, 0.4) is 0 Å². The lowest BCUT2D eigenvalue weighted by Crippen LogP contribution is -2.33. The summed E-state index contributed by atoms with van der Waals surface area (Å²) in [5.74, 6) is 0.583. The van der Waals surface area contributed by atoms with Gasteiger partial charge in [-0.1, -0.05) is 13.8 Å². The number of hydrogen-bond donors (Lipinski definition) is 1. The van der Waals surface area contributed by atoms with E-state index in [1.54, 1.807) is 12.5 Å². The summed E-state index contributed by atoms with van der Waals surface area (Å²) in [4.78, 5) is 16.4. The summed E-state index contributed by atoms with van der Waals surface area (Å²) >= 11 is 0. The van der Waals surface area contributed by atoms with E-state index >= 15 is 0 Å². The van der Waals surface area contributed by atoms with E-state index < -0.39 is 0 Å². The van der Waals surface area contributed by atoms with Crippen LogP contribution in [0.1, 0.15) is 32.7 Å². The van der Waals surface area contributed by atoms with Gasteiger partial charge in [0.15, 0.2) is 0 Å². The van der Waals surface area contributed by atoms with Gasteiger partial charge in [0.1, 0.15) is 6.04 Å². The molecule has 0 aliphatic heterocycles. The van der Waals surface area contributed by atoms with Crippen molar-refractivity contribution < 1.29 is 4.79 Å². The predicted octanol–water partition coefficient (Wildman–Crippen LogP) is 2.48. The first kappa shape index (κ1) is 15.4. The summed E-state index contributed by atoms with van der Waals surface area (Å²) in [6.45, 7) is 5.84. The van der Waals surface area contributed by atoms with E-state index in [9.17, 15) is 4.79 Å². The molecule has 2 aromatic rings. The molecule has 0 fully saturated rings. The van der Waals surface area contributed by atoms with Crippen molar-refractivity contribution in [3.63, 3.8) is 0 Å². The summed E-state index contributed by atoms with van der Waals surface area (Å²) in [7, 11) is 0. The first-order valence-electron chi connectivity index (χ1n) is 7.52. The monoisotopic (exact) mass is 288 g/mol. The number of hydrogen-bond acceptors (Lipinski definition) is 2. The zero-order valence-electron chi connectivity index (χ0n) is 12.8. The Morgan fingerprint density at radius 2 is 2.00 bits per heavy atom. The maximum atomic E-state index is 12.4. The summed E-state index contributed by atoms with van der Waals surface area (Å²) in [5.41, 5.74) is 0. The molecule has 0 aromatic carbocycles. The summed E-state index contributed by atoms with van der Waals surface area (Å²) in [5, 5.41) is 3.05. The van der Waals surface area contributed by atoms with E-state index in [-0.39, 0.29) is 11.9 Å². The van der Waals surface area contributed by atoms with Gasteiger partial charge in [0.2, 0.25) is 5.91 Å². The summed E-state index contributed by atoms with van der Waals surface area (Å²) < 4.78 is 4.01. The summed E-state index contributed by atoms with van der Waals surface area (Å²) in [6, 6.07) is 3.80. The quantitative estimate of drug-likeness (QED) is 0.759. The third-order valence-electron chi connectivity index (χ3n) is 3.44. The van der Waals surface area contributed by atoms with Gasteiger partial charge in [0.05, 0.1) is 6.33 Å². The topological polar surface area (TPSA) is 51.9 Å². The van der Waals surface area contributed by atoms with Crippen molar-refractivity contribution in [2.75, 3.05) is 6.54 Å². The second-order valence-electron chi connectivity index (χ2n) is 5.72. The van der Waals surface area contributed by atoms with Crippen LogP contribution in [0, 0.1) is 5.92 Å². The zero-order chi connectivity index (χ0) is 15.1. The molecule has 0 radical (unpaired) electrons. The smallest absolute Gasteiger partial charge is 0.243 e. The van der Waals surface area contributed by atoms with Crippen LogP contribution in [-0.4, -0.2) is 26.6 Å². The van der Waals surface area contributed by atoms with Gasteiger partial charge in [-0.25, -0.2) is 4.98 Å². The molecule has 0 aliphatic carbocycles. The fraction of sp³-hybridized carbons (Fsp3) is 0.500. The molecule has 2 heterocycles. The van der Waals surface area contributed by atoms with Crippen LogP contribution in [0.25, 0.3) is 0 Å². The Morgan fingerprint density at radius 1 is 1.24 bits per heavy atom. The van der Waals surface area contributed by atoms with E-state index in [2.05, 4.69) is 24.1 Å². The Bertz CT molecular complexity index is 516. The average molecular weight is 288 g/mol. The molecule has 0 unspecified atom stereocenters. The van der Waals surface area contributed by atoms with Crippen molar-refractivity contribution in [2.45, 2.75) is 39.3 Å². The maximum Gasteiger partial charge on any atom is 0.243 e. The Hall–Kier alpha value is -2.04. The van der Waals surface area contributed by atoms with Crippen LogP contribution in [0.2, 0.25) is 0 Å². The molecule has 2 rings (SSSR count). The van der Waals surface area contributed by atoms with E-state index in [1.807, 2.05) is 39.9 Å². The van der Waals surface area contributed by atoms with Gasteiger partial charge in [-0.2, -0.15) is 0 Å². The number of nitrogens with one attached hydrogen (secondary N) is 1. The minimum Gasteiger partial charge on any atom is -0.354 e. The molecule has 0 spiro atoms. The number of aryl methyl sites for hydroxylation is 1. The highest BCUT2D eigenvalue weighted by atomic mass is 16.2. The van der Waals surface area contributed by atoms with Crippen molar-refractivity contribution in [3.8, 4) is 0 Å². The maximum absolute atomic E-state index is 12.4. The lowest BCUT2D eigenvalue weighted by molar-refractivity contribution is -0.124. The largest absolute Gasteiger partial charge is 0.354 e. The Labute approximate surface area is 126 Å². The zero-order valence-corrected chi connectivity index (χ0v) is 12.8. The number of amides is 1. The first-order valence-corrected chi connectivity index (χ1v) is 7.52. The molecule has 114 valence electrons. The van der Waals surface area contributed by atoms with Crippen LogP contribution in [0.4, 0.5) is 0 Å². The van der Waals surface area contributed by atoms with Crippen molar-refractivity contribution >= 4 is 5.91 Å². The van der Waals surface area contributed by atoms with Crippen LogP contribution < -0.4 is 5.32 Å². The highest BCUT2D eigenvalue weighted by Crippen LogP contribution is 2.18. The molecule has 21 heavy (non-hydrogen) atoms. The number of rotatable bonds is 8. The minimum absolute atomic E-state index is 0.102. The molecule has 0 saturated carbocycles. The van der Waals surface area contributed by atoms with Gasteiger partial charge >= 0.3 is 0 Å². The SMILES string of the molecule is CC(C)C[C@@H](C(=O)NCCCn1ccnc1)n1cccc1. The van der Waals surface area contributed by atoms with Crippen molar-refractivity contribution in [2.24, 2.45) is 5.92 Å². The molecule has 1 amide bonds. The number of nitrogens with zero attached hydrogens (tertiary/aromatic N) is 3. The molecule has 2 aromatic heterocycles. The fourth-order valence-electron chi connectivity index (χ4n) is 2.38. The lowest BCUT2D eigenvalue weighted by Gasteiger charge is -2.20. The standard InChI is InChI=1S/C16H24N4O/c1-14(2)12-15(20-9-3-4-10-20)16(21)18-6-5-8-19-11-7-17-13-19/h3-4,7,9-11,13-15H,5-6,8,12H2,1-2H3,(H,18,21)/t15-/m0/s1. The Kier molecular flexibility index (Phi) is 5.60. The number of carbonyl (C=O) groups excluding carboxylic acids is 1. The minimum atomic E-state index is -0.117. The normalized spacial score (nSPS) is 12.5. The van der Waals surface area contributed by atoms with Crippen LogP contribution >= 0.6 is 0 Å². The molecular weight excluding hydrogens is 264 g/mol. The Balaban J connectivity index is 1.81. The molecule has 1 atom stereocenters. The fourth-order valence-corrected chi connectivity index (χ4v) is 2.38. The van der Waals surface area contributed by atoms with Gasteiger partial charge in [-0.05, 0) is 30.9 Å². The highest BCUT2D eigenvalue weighted by molar-refractivity contribution is 5.80. The number of imidazole rings is 1. The van der Waals surface area contributed by atoms with E-state index in [0.717, 1.165) is 19.4 Å². The van der Waals surface area contributed by atoms with E-state index in [4.69, 9.17) is 0 Å². The molecule has 5 nitrogen and oxygen atoms in total. The molecule has 0 bridgehead atoms. The molecule has 1 N–H and O–H groups in total. The molecular formula is C16H24N4O. The predicted molar refractivity (Wildman–Crippen MR) is 82.8 cm³/mol. The highest BCUT2D eigenvalue weighted by Gasteiger charge is 2.20. The molecule has 5 heteroatoms. The third kappa shape index (κ3) is 4.77. The second-order valence-corrected chi connectivity index (χ2v) is 5.72. The van der Waals surface area contributed by atoms with Crippen molar-refractivity contribution in [3.05, 3.63) is 43.2 Å². The van der Waals surface area contributed by atoms with Gasteiger partial charge in [0.25, 0.3) is 0 Å². The van der Waals surface area contributed by atoms with Crippen molar-refractivity contribution in [1.82, 2.24) is 19.4 Å². The van der Waals surface area contributed by atoms with Crippen LogP contribution in [-0.2, 0) is 11.3 Å². The van der Waals surface area contributed by atoms with E-state index in [0.29, 0.717) is 12.5 Å². The van der Waals surface area contributed by atoms with Crippen LogP contribution in [0.15, 0.2) is 43.2 Å². The number of aromatic nitrogens is 3. The second kappa shape index (κ2) is 7.67. The van der Waals surface area contributed by atoms with Crippen molar-refractivity contribution in [1.29, 1.82) is 0 Å². The van der Waals surface area contributed by atoms with Crippen LogP contribution in [0.5, 0.6) is 0 Å². The summed E-state index contributed by atoms with van der Waals surface area (Å²) in [6.07, 6.45) is 11.2. The Morgan fingerprint density at radius 3 is 2.62 bits per heavy atom.